The van der Waals surface area contributed by atoms with E-state index in [2.05, 4.69) is 10.6 Å². The monoisotopic (exact) mass is 340 g/mol. The highest BCUT2D eigenvalue weighted by Crippen LogP contribution is 2.22. The first-order valence-electron chi connectivity index (χ1n) is 8.38. The molecule has 2 rings (SSSR count). The molecule has 0 heterocycles. The van der Waals surface area contributed by atoms with E-state index in [0.29, 0.717) is 17.8 Å². The summed E-state index contributed by atoms with van der Waals surface area (Å²) in [5.74, 6) is 0.379. The number of carbonyl (C=O) groups is 2. The molecule has 2 aromatic rings. The Kier molecular flexibility index (Phi) is 6.57. The Hall–Kier alpha value is -2.82. The second-order valence-electron chi connectivity index (χ2n) is 5.89. The van der Waals surface area contributed by atoms with Crippen LogP contribution in [-0.2, 0) is 4.79 Å². The minimum atomic E-state index is -0.245. The predicted molar refractivity (Wildman–Crippen MR) is 99.1 cm³/mol. The van der Waals surface area contributed by atoms with E-state index < -0.39 is 0 Å². The zero-order valence-electron chi connectivity index (χ0n) is 14.9. The van der Waals surface area contributed by atoms with E-state index in [1.54, 1.807) is 24.3 Å². The van der Waals surface area contributed by atoms with Crippen molar-refractivity contribution < 1.29 is 14.3 Å². The van der Waals surface area contributed by atoms with Gasteiger partial charge in [0.15, 0.2) is 6.61 Å². The Morgan fingerprint density at radius 1 is 1.00 bits per heavy atom. The average molecular weight is 340 g/mol. The van der Waals surface area contributed by atoms with E-state index >= 15 is 0 Å². The van der Waals surface area contributed by atoms with Crippen molar-refractivity contribution in [1.82, 2.24) is 5.32 Å². The molecule has 5 nitrogen and oxygen atoms in total. The van der Waals surface area contributed by atoms with Crippen molar-refractivity contribution in [2.75, 3.05) is 18.5 Å². The lowest BCUT2D eigenvalue weighted by Gasteiger charge is -2.12. The van der Waals surface area contributed by atoms with Crippen LogP contribution in [0.5, 0.6) is 5.75 Å². The molecule has 2 aromatic carbocycles. The first-order chi connectivity index (χ1) is 12.0. The Balaban J connectivity index is 1.89. The molecule has 2 N–H and O–H groups in total. The van der Waals surface area contributed by atoms with Crippen molar-refractivity contribution in [2.24, 2.45) is 0 Å². The van der Waals surface area contributed by atoms with Crippen LogP contribution in [0.2, 0.25) is 0 Å². The van der Waals surface area contributed by atoms with Crippen LogP contribution in [0.4, 0.5) is 5.69 Å². The lowest BCUT2D eigenvalue weighted by Crippen LogP contribution is -2.24. The number of aryl methyl sites for hydroxylation is 2. The Bertz CT molecular complexity index is 719. The molecular formula is C20H24N2O3. The smallest absolute Gasteiger partial charge is 0.262 e. The summed E-state index contributed by atoms with van der Waals surface area (Å²) >= 11 is 0. The van der Waals surface area contributed by atoms with Crippen molar-refractivity contribution >= 4 is 17.5 Å². The summed E-state index contributed by atoms with van der Waals surface area (Å²) in [5, 5.41) is 5.58. The molecule has 0 atom stereocenters. The molecule has 0 aliphatic rings. The minimum Gasteiger partial charge on any atom is -0.483 e. The Morgan fingerprint density at radius 3 is 2.24 bits per heavy atom. The fraction of sp³-hybridized carbons (Fsp3) is 0.300. The number of ether oxygens (including phenoxy) is 1. The van der Waals surface area contributed by atoms with Crippen LogP contribution in [0.3, 0.4) is 0 Å². The standard InChI is InChI=1S/C20H24N2O3/c1-4-12-21-20(24)16-8-10-17(11-9-16)22-18(23)13-25-19-14(2)6-5-7-15(19)3/h5-11H,4,12-13H2,1-3H3,(H,21,24)(H,22,23). The van der Waals surface area contributed by atoms with E-state index in [-0.39, 0.29) is 18.4 Å². The van der Waals surface area contributed by atoms with Gasteiger partial charge in [-0.05, 0) is 55.7 Å². The fourth-order valence-corrected chi connectivity index (χ4v) is 2.41. The van der Waals surface area contributed by atoms with Crippen LogP contribution in [0.1, 0.15) is 34.8 Å². The quantitative estimate of drug-likeness (QED) is 0.811. The van der Waals surface area contributed by atoms with Crippen molar-refractivity contribution in [2.45, 2.75) is 27.2 Å². The summed E-state index contributed by atoms with van der Waals surface area (Å²) in [7, 11) is 0. The van der Waals surface area contributed by atoms with Gasteiger partial charge in [0.2, 0.25) is 0 Å². The molecule has 0 bridgehead atoms. The minimum absolute atomic E-state index is 0.0650. The number of hydrogen-bond donors (Lipinski definition) is 2. The second-order valence-corrected chi connectivity index (χ2v) is 5.89. The number of benzene rings is 2. The van der Waals surface area contributed by atoms with Gasteiger partial charge in [-0.25, -0.2) is 0 Å². The maximum atomic E-state index is 12.1. The highest BCUT2D eigenvalue weighted by molar-refractivity contribution is 5.96. The molecule has 25 heavy (non-hydrogen) atoms. The van der Waals surface area contributed by atoms with Gasteiger partial charge in [0.25, 0.3) is 11.8 Å². The van der Waals surface area contributed by atoms with E-state index in [4.69, 9.17) is 4.74 Å². The number of rotatable bonds is 7. The van der Waals surface area contributed by atoms with Gasteiger partial charge in [0, 0.05) is 17.8 Å². The van der Waals surface area contributed by atoms with E-state index in [0.717, 1.165) is 23.3 Å². The van der Waals surface area contributed by atoms with Gasteiger partial charge in [0.1, 0.15) is 5.75 Å². The largest absolute Gasteiger partial charge is 0.483 e. The predicted octanol–water partition coefficient (Wildman–Crippen LogP) is 3.46. The molecule has 0 aromatic heterocycles. The average Bonchev–Trinajstić information content (AvgIpc) is 2.60. The molecule has 132 valence electrons. The molecule has 2 amide bonds. The van der Waals surface area contributed by atoms with Crippen LogP contribution in [0.15, 0.2) is 42.5 Å². The van der Waals surface area contributed by atoms with Gasteiger partial charge in [-0.3, -0.25) is 9.59 Å². The number of para-hydroxylation sites is 1. The molecular weight excluding hydrogens is 316 g/mol. The third-order valence-electron chi connectivity index (χ3n) is 3.72. The van der Waals surface area contributed by atoms with Gasteiger partial charge in [-0.1, -0.05) is 25.1 Å². The van der Waals surface area contributed by atoms with E-state index in [1.165, 1.54) is 0 Å². The summed E-state index contributed by atoms with van der Waals surface area (Å²) < 4.78 is 5.63. The van der Waals surface area contributed by atoms with Crippen molar-refractivity contribution in [3.8, 4) is 5.75 Å². The molecule has 0 fully saturated rings. The van der Waals surface area contributed by atoms with Crippen LogP contribution in [0, 0.1) is 13.8 Å². The van der Waals surface area contributed by atoms with Crippen LogP contribution >= 0.6 is 0 Å². The van der Waals surface area contributed by atoms with Crippen LogP contribution < -0.4 is 15.4 Å². The lowest BCUT2D eigenvalue weighted by atomic mass is 10.1. The van der Waals surface area contributed by atoms with Gasteiger partial charge >= 0.3 is 0 Å². The molecule has 0 spiro atoms. The Labute approximate surface area is 148 Å². The van der Waals surface area contributed by atoms with Gasteiger partial charge in [0.05, 0.1) is 0 Å². The normalized spacial score (nSPS) is 10.2. The van der Waals surface area contributed by atoms with E-state index in [1.807, 2.05) is 39.0 Å². The maximum absolute atomic E-state index is 12.1. The number of carbonyl (C=O) groups excluding carboxylic acids is 2. The third kappa shape index (κ3) is 5.35. The Morgan fingerprint density at radius 2 is 1.64 bits per heavy atom. The van der Waals surface area contributed by atoms with Crippen molar-refractivity contribution in [3.05, 3.63) is 59.2 Å². The van der Waals surface area contributed by atoms with Gasteiger partial charge in [-0.2, -0.15) is 0 Å². The number of hydrogen-bond acceptors (Lipinski definition) is 3. The summed E-state index contributed by atoms with van der Waals surface area (Å²) in [6, 6.07) is 12.6. The van der Waals surface area contributed by atoms with Gasteiger partial charge in [-0.15, -0.1) is 0 Å². The lowest BCUT2D eigenvalue weighted by molar-refractivity contribution is -0.118. The summed E-state index contributed by atoms with van der Waals surface area (Å²) in [4.78, 5) is 23.9. The van der Waals surface area contributed by atoms with E-state index in [9.17, 15) is 9.59 Å². The topological polar surface area (TPSA) is 67.4 Å². The number of anilines is 1. The number of amides is 2. The molecule has 0 aliphatic carbocycles. The zero-order valence-corrected chi connectivity index (χ0v) is 14.9. The van der Waals surface area contributed by atoms with Crippen LogP contribution in [0.25, 0.3) is 0 Å². The molecule has 0 saturated heterocycles. The summed E-state index contributed by atoms with van der Waals surface area (Å²) in [6.07, 6.45) is 0.889. The molecule has 0 aliphatic heterocycles. The second kappa shape index (κ2) is 8.87. The molecule has 0 saturated carbocycles. The molecule has 0 radical (unpaired) electrons. The molecule has 0 unspecified atom stereocenters. The van der Waals surface area contributed by atoms with Crippen molar-refractivity contribution in [1.29, 1.82) is 0 Å². The highest BCUT2D eigenvalue weighted by atomic mass is 16.5. The summed E-state index contributed by atoms with van der Waals surface area (Å²) in [5.41, 5.74) is 3.19. The third-order valence-corrected chi connectivity index (χ3v) is 3.72. The highest BCUT2D eigenvalue weighted by Gasteiger charge is 2.09. The van der Waals surface area contributed by atoms with Crippen molar-refractivity contribution in [3.63, 3.8) is 0 Å². The first-order valence-corrected chi connectivity index (χ1v) is 8.38. The van der Waals surface area contributed by atoms with Gasteiger partial charge < -0.3 is 15.4 Å². The zero-order chi connectivity index (χ0) is 18.2. The SMILES string of the molecule is CCCNC(=O)c1ccc(NC(=O)COc2c(C)cccc2C)cc1. The fourth-order valence-electron chi connectivity index (χ4n) is 2.41. The summed E-state index contributed by atoms with van der Waals surface area (Å²) in [6.45, 7) is 6.47. The molecule has 5 heteroatoms. The maximum Gasteiger partial charge on any atom is 0.262 e. The van der Waals surface area contributed by atoms with Crippen LogP contribution in [-0.4, -0.2) is 25.0 Å². The number of nitrogens with one attached hydrogen (secondary N) is 2. The first kappa shape index (κ1) is 18.5.